The van der Waals surface area contributed by atoms with Gasteiger partial charge in [0.2, 0.25) is 5.75 Å². The largest absolute Gasteiger partial charge is 0.508 e. The van der Waals surface area contributed by atoms with Crippen LogP contribution < -0.4 is 14.2 Å². The molecule has 0 fully saturated rings. The Bertz CT molecular complexity index is 923. The Morgan fingerprint density at radius 1 is 1.14 bits per heavy atom. The van der Waals surface area contributed by atoms with E-state index in [2.05, 4.69) is 0 Å². The molecule has 0 saturated carbocycles. The second kappa shape index (κ2) is 7.84. The second-order valence-corrected chi connectivity index (χ2v) is 6.91. The highest BCUT2D eigenvalue weighted by atomic mass is 16.5. The number of methoxy groups -OCH3 is 2. The van der Waals surface area contributed by atoms with E-state index in [0.717, 1.165) is 11.1 Å². The van der Waals surface area contributed by atoms with Gasteiger partial charge in [0, 0.05) is 5.56 Å². The zero-order valence-electron chi connectivity index (χ0n) is 16.4. The molecule has 1 unspecified atom stereocenters. The second-order valence-electron chi connectivity index (χ2n) is 6.91. The monoisotopic (exact) mass is 384 g/mol. The predicted molar refractivity (Wildman–Crippen MR) is 105 cm³/mol. The first-order chi connectivity index (χ1) is 13.4. The van der Waals surface area contributed by atoms with Gasteiger partial charge < -0.3 is 24.4 Å². The highest BCUT2D eigenvalue weighted by molar-refractivity contribution is 6.04. The summed E-state index contributed by atoms with van der Waals surface area (Å²) in [5.41, 5.74) is 2.62. The molecule has 1 aliphatic rings. The number of benzene rings is 2. The van der Waals surface area contributed by atoms with Crippen LogP contribution >= 0.6 is 0 Å². The van der Waals surface area contributed by atoms with Crippen LogP contribution in [0, 0.1) is 0 Å². The molecular formula is C22H24O6. The number of ketones is 1. The van der Waals surface area contributed by atoms with E-state index in [-0.39, 0.29) is 35.0 Å². The molecule has 0 amide bonds. The summed E-state index contributed by atoms with van der Waals surface area (Å²) < 4.78 is 17.0. The Kier molecular flexibility index (Phi) is 5.49. The van der Waals surface area contributed by atoms with Crippen LogP contribution in [0.2, 0.25) is 0 Å². The number of fused-ring (bicyclic) bond motifs is 1. The van der Waals surface area contributed by atoms with Crippen molar-refractivity contribution >= 4 is 5.78 Å². The molecule has 28 heavy (non-hydrogen) atoms. The molecule has 6 heteroatoms. The fourth-order valence-corrected chi connectivity index (χ4v) is 3.33. The van der Waals surface area contributed by atoms with Crippen molar-refractivity contribution in [2.45, 2.75) is 32.8 Å². The Labute approximate surface area is 164 Å². The van der Waals surface area contributed by atoms with Crippen LogP contribution in [-0.2, 0) is 6.42 Å². The van der Waals surface area contributed by atoms with Gasteiger partial charge in [0.05, 0.1) is 20.6 Å². The molecule has 0 aliphatic carbocycles. The average molecular weight is 384 g/mol. The van der Waals surface area contributed by atoms with Crippen molar-refractivity contribution in [1.82, 2.24) is 0 Å². The van der Waals surface area contributed by atoms with Gasteiger partial charge in [0.1, 0.15) is 23.2 Å². The minimum atomic E-state index is -0.524. The number of carbonyl (C=O) groups is 1. The molecular weight excluding hydrogens is 360 g/mol. The van der Waals surface area contributed by atoms with Gasteiger partial charge in [-0.2, -0.15) is 0 Å². The zero-order valence-corrected chi connectivity index (χ0v) is 16.4. The molecule has 148 valence electrons. The molecule has 1 atom stereocenters. The number of hydrogen-bond acceptors (Lipinski definition) is 6. The van der Waals surface area contributed by atoms with Crippen LogP contribution in [0.15, 0.2) is 35.9 Å². The van der Waals surface area contributed by atoms with Crippen LogP contribution in [-0.4, -0.2) is 30.2 Å². The van der Waals surface area contributed by atoms with Gasteiger partial charge in [-0.3, -0.25) is 4.79 Å². The fraction of sp³-hybridized carbons (Fsp3) is 0.318. The summed E-state index contributed by atoms with van der Waals surface area (Å²) in [7, 11) is 2.90. The summed E-state index contributed by atoms with van der Waals surface area (Å²) in [6.07, 6.45) is 2.00. The van der Waals surface area contributed by atoms with Crippen molar-refractivity contribution in [2.24, 2.45) is 0 Å². The molecule has 0 saturated heterocycles. The van der Waals surface area contributed by atoms with Crippen molar-refractivity contribution in [3.63, 3.8) is 0 Å². The fourth-order valence-electron chi connectivity index (χ4n) is 3.33. The number of phenols is 2. The van der Waals surface area contributed by atoms with E-state index in [1.165, 1.54) is 14.2 Å². The van der Waals surface area contributed by atoms with E-state index in [9.17, 15) is 15.0 Å². The molecule has 1 heterocycles. The van der Waals surface area contributed by atoms with Crippen LogP contribution in [0.4, 0.5) is 0 Å². The average Bonchev–Trinajstić information content (AvgIpc) is 2.66. The van der Waals surface area contributed by atoms with Crippen LogP contribution in [0.5, 0.6) is 28.7 Å². The summed E-state index contributed by atoms with van der Waals surface area (Å²) in [4.78, 5) is 12.9. The predicted octanol–water partition coefficient (Wildman–Crippen LogP) is 4.33. The van der Waals surface area contributed by atoms with Crippen molar-refractivity contribution in [2.75, 3.05) is 14.2 Å². The molecule has 6 nitrogen and oxygen atoms in total. The summed E-state index contributed by atoms with van der Waals surface area (Å²) in [5.74, 6) is 0.399. The van der Waals surface area contributed by atoms with Crippen LogP contribution in [0.25, 0.3) is 0 Å². The molecule has 1 aliphatic heterocycles. The Balaban J connectivity index is 2.18. The Morgan fingerprint density at radius 3 is 2.36 bits per heavy atom. The molecule has 2 aromatic carbocycles. The normalized spacial score (nSPS) is 15.4. The number of hydrogen-bond donors (Lipinski definition) is 2. The lowest BCUT2D eigenvalue weighted by molar-refractivity contribution is 0.0840. The number of rotatable bonds is 5. The lowest BCUT2D eigenvalue weighted by Crippen LogP contribution is -2.22. The van der Waals surface area contributed by atoms with Crippen molar-refractivity contribution in [3.05, 3.63) is 52.6 Å². The van der Waals surface area contributed by atoms with E-state index in [4.69, 9.17) is 14.2 Å². The van der Waals surface area contributed by atoms with Crippen molar-refractivity contribution in [1.29, 1.82) is 0 Å². The van der Waals surface area contributed by atoms with E-state index >= 15 is 0 Å². The standard InChI is InChI=1S/C22H24O6/c1-12(2)5-10-15-20-18(19(25)22(27-4)21(15)26-3)16(24)11-17(28-20)13-6-8-14(23)9-7-13/h5-9,17,23,25H,10-11H2,1-4H3. The Morgan fingerprint density at radius 2 is 1.79 bits per heavy atom. The van der Waals surface area contributed by atoms with Gasteiger partial charge >= 0.3 is 0 Å². The summed E-state index contributed by atoms with van der Waals surface area (Å²) in [5, 5.41) is 20.2. The third kappa shape index (κ3) is 3.50. The maximum absolute atomic E-state index is 12.9. The first-order valence-corrected chi connectivity index (χ1v) is 8.99. The third-order valence-corrected chi connectivity index (χ3v) is 4.73. The van der Waals surface area contributed by atoms with Gasteiger partial charge in [-0.1, -0.05) is 23.8 Å². The number of allylic oxidation sites excluding steroid dienone is 2. The molecule has 0 spiro atoms. The highest BCUT2D eigenvalue weighted by Crippen LogP contribution is 2.52. The summed E-state index contributed by atoms with van der Waals surface area (Å²) in [6.45, 7) is 3.95. The maximum Gasteiger partial charge on any atom is 0.204 e. The van der Waals surface area contributed by atoms with Crippen LogP contribution in [0.3, 0.4) is 0 Å². The van der Waals surface area contributed by atoms with Crippen molar-refractivity contribution < 1.29 is 29.2 Å². The molecule has 0 bridgehead atoms. The molecule has 0 radical (unpaired) electrons. The topological polar surface area (TPSA) is 85.2 Å². The van der Waals surface area contributed by atoms with Crippen LogP contribution in [0.1, 0.15) is 47.9 Å². The zero-order chi connectivity index (χ0) is 20.4. The van der Waals surface area contributed by atoms with Gasteiger partial charge in [-0.05, 0) is 38.0 Å². The number of ether oxygens (including phenoxy) is 3. The summed E-state index contributed by atoms with van der Waals surface area (Å²) in [6, 6.07) is 6.53. The number of phenolic OH excluding ortho intramolecular Hbond substituents is 2. The first kappa shape index (κ1) is 19.6. The minimum Gasteiger partial charge on any atom is -0.508 e. The third-order valence-electron chi connectivity index (χ3n) is 4.73. The lowest BCUT2D eigenvalue weighted by Gasteiger charge is -2.29. The Hall–Kier alpha value is -3.15. The van der Waals surface area contributed by atoms with E-state index in [1.807, 2.05) is 19.9 Å². The first-order valence-electron chi connectivity index (χ1n) is 8.99. The van der Waals surface area contributed by atoms with E-state index in [1.54, 1.807) is 24.3 Å². The SMILES string of the molecule is COc1c(O)c2c(c(CC=C(C)C)c1OC)OC(c1ccc(O)cc1)CC2=O. The molecule has 2 N–H and O–H groups in total. The number of carbonyl (C=O) groups excluding carboxylic acids is 1. The number of Topliss-reactive ketones (excluding diaryl/α,β-unsaturated/α-hetero) is 1. The maximum atomic E-state index is 12.9. The van der Waals surface area contributed by atoms with E-state index in [0.29, 0.717) is 23.5 Å². The number of aromatic hydroxyl groups is 2. The molecule has 0 aromatic heterocycles. The lowest BCUT2D eigenvalue weighted by atomic mass is 9.91. The minimum absolute atomic E-state index is 0.0723. The van der Waals surface area contributed by atoms with Gasteiger partial charge in [0.25, 0.3) is 0 Å². The van der Waals surface area contributed by atoms with Gasteiger partial charge in [0.15, 0.2) is 17.3 Å². The van der Waals surface area contributed by atoms with Gasteiger partial charge in [-0.25, -0.2) is 0 Å². The molecule has 2 aromatic rings. The quantitative estimate of drug-likeness (QED) is 0.747. The smallest absolute Gasteiger partial charge is 0.204 e. The summed E-state index contributed by atoms with van der Waals surface area (Å²) >= 11 is 0. The van der Waals surface area contributed by atoms with E-state index < -0.39 is 6.10 Å². The molecule has 3 rings (SSSR count). The highest BCUT2D eigenvalue weighted by Gasteiger charge is 2.36. The van der Waals surface area contributed by atoms with Crippen molar-refractivity contribution in [3.8, 4) is 28.7 Å². The van der Waals surface area contributed by atoms with Gasteiger partial charge in [-0.15, -0.1) is 0 Å².